The van der Waals surface area contributed by atoms with E-state index in [4.69, 9.17) is 0 Å². The number of rotatable bonds is 8. The molecule has 3 aromatic carbocycles. The molecule has 3 N–H and O–H groups in total. The lowest BCUT2D eigenvalue weighted by molar-refractivity contribution is -0.142. The molecule has 220 valence electrons. The molecule has 43 heavy (non-hydrogen) atoms. The van der Waals surface area contributed by atoms with Gasteiger partial charge in [-0.2, -0.15) is 0 Å². The summed E-state index contributed by atoms with van der Waals surface area (Å²) in [6, 6.07) is 24.3. The molecule has 3 saturated heterocycles. The predicted octanol–water partition coefficient (Wildman–Crippen LogP) is 3.36. The van der Waals surface area contributed by atoms with E-state index in [9.17, 15) is 19.5 Å². The quantitative estimate of drug-likeness (QED) is 0.285. The summed E-state index contributed by atoms with van der Waals surface area (Å²) >= 11 is 1.59. The van der Waals surface area contributed by atoms with Gasteiger partial charge in [-0.1, -0.05) is 65.9 Å². The standard InChI is InChI=1S/C32H32N6O4S/c1-31-16-17-32(43-31)26(25(31)28(40)34-21-12-6-3-7-13-21)30(42)38(24(18-39)20-10-4-2-5-11-20)27(32)29(41)33-19-37-23-15-9-8-14-22(23)35-36-37/h2-15,24-27,39H,16-19H2,1H3,(H,33,41)(H,34,40)/t24-,25+,26+,27?,31-,32?/m1/s1. The molecular weight excluding hydrogens is 564 g/mol. The molecule has 0 saturated carbocycles. The highest BCUT2D eigenvalue weighted by Crippen LogP contribution is 2.72. The van der Waals surface area contributed by atoms with Crippen molar-refractivity contribution in [3.63, 3.8) is 0 Å². The van der Waals surface area contributed by atoms with Crippen molar-refractivity contribution in [2.45, 2.75) is 48.0 Å². The number of carbonyl (C=O) groups excluding carboxylic acids is 3. The molecule has 0 radical (unpaired) electrons. The Morgan fingerprint density at radius 1 is 1.00 bits per heavy atom. The maximum absolute atomic E-state index is 14.6. The van der Waals surface area contributed by atoms with Crippen molar-refractivity contribution in [2.24, 2.45) is 11.8 Å². The van der Waals surface area contributed by atoms with Gasteiger partial charge in [0.1, 0.15) is 18.2 Å². The molecule has 4 heterocycles. The first-order chi connectivity index (χ1) is 20.9. The van der Waals surface area contributed by atoms with Crippen LogP contribution in [0.15, 0.2) is 84.9 Å². The first-order valence-corrected chi connectivity index (χ1v) is 15.3. The molecule has 3 fully saturated rings. The van der Waals surface area contributed by atoms with Gasteiger partial charge in [-0.05, 0) is 49.6 Å². The number of para-hydroxylation sites is 2. The average molecular weight is 597 g/mol. The monoisotopic (exact) mass is 596 g/mol. The molecule has 2 unspecified atom stereocenters. The number of hydrogen-bond donors (Lipinski definition) is 3. The summed E-state index contributed by atoms with van der Waals surface area (Å²) in [5.74, 6) is -2.21. The van der Waals surface area contributed by atoms with E-state index in [1.165, 1.54) is 0 Å². The van der Waals surface area contributed by atoms with Crippen molar-refractivity contribution in [1.29, 1.82) is 0 Å². The molecule has 11 heteroatoms. The van der Waals surface area contributed by atoms with Crippen LogP contribution in [0.3, 0.4) is 0 Å². The second kappa shape index (κ2) is 10.5. The summed E-state index contributed by atoms with van der Waals surface area (Å²) in [6.45, 7) is 1.74. The third-order valence-corrected chi connectivity index (χ3v) is 11.3. The van der Waals surface area contributed by atoms with Gasteiger partial charge < -0.3 is 20.6 Å². The fourth-order valence-corrected chi connectivity index (χ4v) is 9.80. The number of thioether (sulfide) groups is 1. The molecule has 0 aliphatic carbocycles. The van der Waals surface area contributed by atoms with E-state index < -0.39 is 33.4 Å². The molecule has 3 amide bonds. The summed E-state index contributed by atoms with van der Waals surface area (Å²) < 4.78 is 0.259. The zero-order chi connectivity index (χ0) is 29.8. The summed E-state index contributed by atoms with van der Waals surface area (Å²) in [7, 11) is 0. The number of aromatic nitrogens is 3. The number of hydrogen-bond acceptors (Lipinski definition) is 7. The van der Waals surface area contributed by atoms with Crippen LogP contribution >= 0.6 is 11.8 Å². The molecule has 1 spiro atoms. The van der Waals surface area contributed by atoms with Gasteiger partial charge in [-0.3, -0.25) is 14.4 Å². The van der Waals surface area contributed by atoms with Gasteiger partial charge in [-0.15, -0.1) is 16.9 Å². The van der Waals surface area contributed by atoms with Crippen molar-refractivity contribution < 1.29 is 19.5 Å². The number of anilines is 1. The van der Waals surface area contributed by atoms with E-state index in [0.717, 1.165) is 11.1 Å². The van der Waals surface area contributed by atoms with Crippen LogP contribution in [0.25, 0.3) is 11.0 Å². The molecule has 2 bridgehead atoms. The topological polar surface area (TPSA) is 129 Å². The summed E-state index contributed by atoms with van der Waals surface area (Å²) in [6.07, 6.45) is 1.29. The normalized spacial score (nSPS) is 28.2. The Morgan fingerprint density at radius 2 is 1.70 bits per heavy atom. The van der Waals surface area contributed by atoms with Crippen molar-refractivity contribution in [1.82, 2.24) is 25.2 Å². The van der Waals surface area contributed by atoms with E-state index in [0.29, 0.717) is 24.0 Å². The Kier molecular flexibility index (Phi) is 6.74. The second-order valence-corrected chi connectivity index (χ2v) is 13.6. The van der Waals surface area contributed by atoms with E-state index in [2.05, 4.69) is 20.9 Å². The molecule has 7 rings (SSSR count). The zero-order valence-electron chi connectivity index (χ0n) is 23.6. The molecule has 10 nitrogen and oxygen atoms in total. The van der Waals surface area contributed by atoms with Crippen LogP contribution in [0.1, 0.15) is 31.4 Å². The van der Waals surface area contributed by atoms with Crippen molar-refractivity contribution >= 4 is 46.2 Å². The van der Waals surface area contributed by atoms with Gasteiger partial charge in [0, 0.05) is 10.4 Å². The van der Waals surface area contributed by atoms with Crippen molar-refractivity contribution in [2.75, 3.05) is 11.9 Å². The van der Waals surface area contributed by atoms with Gasteiger partial charge >= 0.3 is 0 Å². The molecule has 4 aromatic rings. The fraction of sp³-hybridized carbons (Fsp3) is 0.344. The van der Waals surface area contributed by atoms with Gasteiger partial charge in [-0.25, -0.2) is 4.68 Å². The second-order valence-electron chi connectivity index (χ2n) is 11.7. The Hall–Kier alpha value is -4.22. The minimum atomic E-state index is -0.904. The lowest BCUT2D eigenvalue weighted by Gasteiger charge is -2.37. The average Bonchev–Trinajstić information content (AvgIpc) is 3.73. The van der Waals surface area contributed by atoms with Gasteiger partial charge in [0.2, 0.25) is 17.7 Å². The third kappa shape index (κ3) is 4.32. The van der Waals surface area contributed by atoms with Gasteiger partial charge in [0.25, 0.3) is 0 Å². The molecular formula is C32H32N6O4S. The van der Waals surface area contributed by atoms with Crippen LogP contribution in [0.2, 0.25) is 0 Å². The van der Waals surface area contributed by atoms with Crippen LogP contribution in [-0.2, 0) is 21.1 Å². The number of likely N-dealkylation sites (tertiary alicyclic amines) is 1. The summed E-state index contributed by atoms with van der Waals surface area (Å²) in [5, 5.41) is 25.1. The SMILES string of the molecule is C[C@]12CCC3(S1)C(C(=O)NCn1nnc4ccccc41)N([C@H](CO)c1ccccc1)C(=O)[C@@H]3[C@H]2C(=O)Nc1ccccc1. The first-order valence-electron chi connectivity index (χ1n) is 14.5. The Morgan fingerprint density at radius 3 is 2.44 bits per heavy atom. The Bertz CT molecular complexity index is 1700. The first kappa shape index (κ1) is 27.6. The number of aliphatic hydroxyl groups excluding tert-OH is 1. The zero-order valence-corrected chi connectivity index (χ0v) is 24.4. The lowest BCUT2D eigenvalue weighted by atomic mass is 9.66. The number of fused-ring (bicyclic) bond motifs is 2. The maximum atomic E-state index is 14.6. The number of amides is 3. The van der Waals surface area contributed by atoms with E-state index in [1.54, 1.807) is 21.3 Å². The number of nitrogens with zero attached hydrogens (tertiary/aromatic N) is 4. The maximum Gasteiger partial charge on any atom is 0.245 e. The smallest absolute Gasteiger partial charge is 0.245 e. The van der Waals surface area contributed by atoms with Crippen molar-refractivity contribution in [3.8, 4) is 0 Å². The van der Waals surface area contributed by atoms with Crippen LogP contribution in [0.4, 0.5) is 5.69 Å². The van der Waals surface area contributed by atoms with E-state index in [1.807, 2.05) is 91.9 Å². The van der Waals surface area contributed by atoms with Crippen LogP contribution in [-0.4, -0.2) is 64.9 Å². The number of nitrogens with one attached hydrogen (secondary N) is 2. The van der Waals surface area contributed by atoms with Crippen molar-refractivity contribution in [3.05, 3.63) is 90.5 Å². The number of benzene rings is 3. The van der Waals surface area contributed by atoms with E-state index >= 15 is 0 Å². The highest BCUT2D eigenvalue weighted by atomic mass is 32.2. The largest absolute Gasteiger partial charge is 0.394 e. The van der Waals surface area contributed by atoms with Gasteiger partial charge in [0.05, 0.1) is 34.7 Å². The molecule has 3 aliphatic heterocycles. The summed E-state index contributed by atoms with van der Waals surface area (Å²) in [4.78, 5) is 44.4. The third-order valence-electron chi connectivity index (χ3n) is 9.30. The van der Waals surface area contributed by atoms with E-state index in [-0.39, 0.29) is 31.0 Å². The lowest BCUT2D eigenvalue weighted by Crippen LogP contribution is -2.54. The number of aliphatic hydroxyl groups is 1. The minimum Gasteiger partial charge on any atom is -0.394 e. The predicted molar refractivity (Wildman–Crippen MR) is 163 cm³/mol. The fourth-order valence-electron chi connectivity index (χ4n) is 7.45. The Labute approximate surface area is 252 Å². The Balaban J connectivity index is 1.26. The van der Waals surface area contributed by atoms with Gasteiger partial charge in [0.15, 0.2) is 0 Å². The van der Waals surface area contributed by atoms with Crippen LogP contribution in [0.5, 0.6) is 0 Å². The number of carbonyl (C=O) groups is 3. The van der Waals surface area contributed by atoms with Crippen LogP contribution in [0, 0.1) is 11.8 Å². The highest BCUT2D eigenvalue weighted by molar-refractivity contribution is 8.02. The highest BCUT2D eigenvalue weighted by Gasteiger charge is 2.77. The molecule has 3 aliphatic rings. The molecule has 1 aromatic heterocycles. The van der Waals surface area contributed by atoms with Crippen LogP contribution < -0.4 is 10.6 Å². The minimum absolute atomic E-state index is 0.0631. The summed E-state index contributed by atoms with van der Waals surface area (Å²) in [5.41, 5.74) is 2.87. The molecule has 6 atom stereocenters.